The predicted molar refractivity (Wildman–Crippen MR) is 160 cm³/mol. The van der Waals surface area contributed by atoms with E-state index in [1.54, 1.807) is 4.90 Å². The zero-order valence-corrected chi connectivity index (χ0v) is 24.5. The van der Waals surface area contributed by atoms with Crippen molar-refractivity contribution in [1.82, 2.24) is 19.8 Å². The van der Waals surface area contributed by atoms with E-state index in [9.17, 15) is 9.18 Å². The molecule has 1 aromatic heterocycles. The van der Waals surface area contributed by atoms with Crippen molar-refractivity contribution in [2.75, 3.05) is 49.1 Å². The van der Waals surface area contributed by atoms with Crippen LogP contribution in [0.4, 0.5) is 15.9 Å². The average molecular weight is 573 g/mol. The molecule has 6 heterocycles. The van der Waals surface area contributed by atoms with Crippen LogP contribution in [-0.2, 0) is 30.6 Å². The maximum Gasteiger partial charge on any atom is 0.318 e. The Morgan fingerprint density at radius 1 is 1.00 bits per heavy atom. The van der Waals surface area contributed by atoms with Gasteiger partial charge in [0, 0.05) is 30.9 Å². The fourth-order valence-electron chi connectivity index (χ4n) is 8.89. The average Bonchev–Trinajstić information content (AvgIpc) is 3.67. The number of rotatable bonds is 6. The van der Waals surface area contributed by atoms with Crippen molar-refractivity contribution < 1.29 is 13.9 Å². The largest absolute Gasteiger partial charge is 0.461 e. The van der Waals surface area contributed by atoms with Gasteiger partial charge in [0.05, 0.1) is 29.9 Å². The van der Waals surface area contributed by atoms with Crippen molar-refractivity contribution in [2.45, 2.75) is 88.4 Å². The molecule has 2 atom stereocenters. The highest BCUT2D eigenvalue weighted by molar-refractivity contribution is 5.91. The summed E-state index contributed by atoms with van der Waals surface area (Å²) in [5.41, 5.74) is 6.73. The number of carbonyl (C=O) groups is 1. The van der Waals surface area contributed by atoms with Gasteiger partial charge in [-0.2, -0.15) is 9.97 Å². The lowest BCUT2D eigenvalue weighted by Crippen LogP contribution is -2.63. The van der Waals surface area contributed by atoms with E-state index < -0.39 is 11.7 Å². The van der Waals surface area contributed by atoms with Gasteiger partial charge in [-0.05, 0) is 94.5 Å². The fraction of sp³-hybridized carbons (Fsp3) is 0.606. The van der Waals surface area contributed by atoms with E-state index in [1.807, 2.05) is 0 Å². The molecule has 2 aromatic rings. The number of ether oxygens (including phenoxy) is 1. The summed E-state index contributed by atoms with van der Waals surface area (Å²) in [5.74, 6) is -0.499. The predicted octanol–water partition coefficient (Wildman–Crippen LogP) is 4.20. The van der Waals surface area contributed by atoms with Gasteiger partial charge in [-0.3, -0.25) is 9.69 Å². The van der Waals surface area contributed by atoms with E-state index in [-0.39, 0.29) is 17.6 Å². The Hall–Kier alpha value is -3.20. The molecule has 1 aromatic carbocycles. The Balaban J connectivity index is 1.10. The lowest BCUT2D eigenvalue weighted by Gasteiger charge is -2.48. The molecule has 0 unspecified atom stereocenters. The second-order valence-electron chi connectivity index (χ2n) is 13.2. The number of anilines is 2. The molecule has 9 heteroatoms. The number of carbonyl (C=O) groups excluding carboxylic acids is 1. The highest BCUT2D eigenvalue weighted by Crippen LogP contribution is 2.42. The molecule has 4 saturated heterocycles. The molecule has 8 rings (SSSR count). The molecule has 6 aliphatic rings. The minimum Gasteiger partial charge on any atom is -0.461 e. The summed E-state index contributed by atoms with van der Waals surface area (Å²) in [4.78, 5) is 31.7. The molecule has 222 valence electrons. The first-order chi connectivity index (χ1) is 20.5. The molecular formula is C33H41FN6O2. The van der Waals surface area contributed by atoms with E-state index in [2.05, 4.69) is 39.5 Å². The van der Waals surface area contributed by atoms with E-state index in [0.29, 0.717) is 25.7 Å². The Bertz CT molecular complexity index is 1420. The lowest BCUT2D eigenvalue weighted by atomic mass is 9.89. The standard InChI is InChI=1S/C33H41FN6O2/c1-22(34)31(41)39-18-12-28-29(39)20-40(28)30-25-11-17-37(27-10-4-8-23-7-2-3-9-24(23)27)19-26(25)35-32(36-30)42-21-33-13-5-15-38(33)16-6-14-33/h4,8,10,28-29H,1-3,5-7,9,11-21H2/t28-,29-/m1/s1. The molecule has 8 nitrogen and oxygen atoms in total. The van der Waals surface area contributed by atoms with Gasteiger partial charge < -0.3 is 19.4 Å². The van der Waals surface area contributed by atoms with Crippen molar-refractivity contribution in [3.63, 3.8) is 0 Å². The molecule has 0 bridgehead atoms. The molecule has 5 aliphatic heterocycles. The maximum absolute atomic E-state index is 13.7. The van der Waals surface area contributed by atoms with E-state index in [1.165, 1.54) is 67.3 Å². The van der Waals surface area contributed by atoms with Crippen molar-refractivity contribution >= 4 is 17.4 Å². The number of aromatic nitrogens is 2. The second-order valence-corrected chi connectivity index (χ2v) is 13.2. The van der Waals surface area contributed by atoms with Crippen molar-refractivity contribution in [2.24, 2.45) is 0 Å². The van der Waals surface area contributed by atoms with Gasteiger partial charge in [-0.1, -0.05) is 18.7 Å². The maximum atomic E-state index is 13.7. The summed E-state index contributed by atoms with van der Waals surface area (Å²) in [6.45, 7) is 9.07. The van der Waals surface area contributed by atoms with E-state index >= 15 is 0 Å². The lowest BCUT2D eigenvalue weighted by molar-refractivity contribution is -0.130. The number of nitrogens with zero attached hydrogens (tertiary/aromatic N) is 6. The molecule has 1 aliphatic carbocycles. The van der Waals surface area contributed by atoms with Gasteiger partial charge in [0.25, 0.3) is 5.91 Å². The first-order valence-corrected chi connectivity index (χ1v) is 16.1. The van der Waals surface area contributed by atoms with Crippen molar-refractivity contribution in [3.8, 4) is 6.01 Å². The fourth-order valence-corrected chi connectivity index (χ4v) is 8.89. The third kappa shape index (κ3) is 4.21. The number of hydrogen-bond donors (Lipinski definition) is 0. The first-order valence-electron chi connectivity index (χ1n) is 16.1. The number of aryl methyl sites for hydroxylation is 1. The SMILES string of the molecule is C=C(F)C(=O)N1CC[C@@H]2[C@H]1CN2c1nc(OCC23CCCN2CCC3)nc2c1CCN(c1cccc3c1CCCC3)C2. The van der Waals surface area contributed by atoms with Gasteiger partial charge >= 0.3 is 6.01 Å². The third-order valence-corrected chi connectivity index (χ3v) is 11.1. The minimum absolute atomic E-state index is 0.000314. The van der Waals surface area contributed by atoms with Gasteiger partial charge in [0.2, 0.25) is 0 Å². The molecule has 0 N–H and O–H groups in total. The summed E-state index contributed by atoms with van der Waals surface area (Å²) in [6, 6.07) is 7.40. The summed E-state index contributed by atoms with van der Waals surface area (Å²) in [6.07, 6.45) is 11.3. The molecule has 0 radical (unpaired) electrons. The molecule has 0 spiro atoms. The third-order valence-electron chi connectivity index (χ3n) is 11.1. The van der Waals surface area contributed by atoms with Gasteiger partial charge in [-0.15, -0.1) is 0 Å². The number of benzene rings is 1. The Labute approximate surface area is 247 Å². The van der Waals surface area contributed by atoms with Gasteiger partial charge in [0.1, 0.15) is 12.4 Å². The second kappa shape index (κ2) is 10.2. The van der Waals surface area contributed by atoms with Crippen LogP contribution in [0.2, 0.25) is 0 Å². The molecule has 1 amide bonds. The number of hydrogen-bond acceptors (Lipinski definition) is 7. The highest BCUT2D eigenvalue weighted by Gasteiger charge is 2.51. The Morgan fingerprint density at radius 2 is 1.83 bits per heavy atom. The molecule has 42 heavy (non-hydrogen) atoms. The smallest absolute Gasteiger partial charge is 0.318 e. The Morgan fingerprint density at radius 3 is 2.67 bits per heavy atom. The number of halogens is 1. The van der Waals surface area contributed by atoms with Crippen LogP contribution in [0.25, 0.3) is 0 Å². The molecular weight excluding hydrogens is 531 g/mol. The van der Waals surface area contributed by atoms with Gasteiger partial charge in [-0.25, -0.2) is 4.39 Å². The van der Waals surface area contributed by atoms with Crippen LogP contribution in [0.15, 0.2) is 30.6 Å². The zero-order valence-electron chi connectivity index (χ0n) is 24.5. The molecule has 0 saturated carbocycles. The normalized spacial score (nSPS) is 25.9. The summed E-state index contributed by atoms with van der Waals surface area (Å²) in [5, 5.41) is 0. The van der Waals surface area contributed by atoms with Gasteiger partial charge in [0.15, 0.2) is 5.83 Å². The van der Waals surface area contributed by atoms with Crippen LogP contribution in [0.5, 0.6) is 6.01 Å². The van der Waals surface area contributed by atoms with E-state index in [0.717, 1.165) is 57.0 Å². The monoisotopic (exact) mass is 572 g/mol. The summed E-state index contributed by atoms with van der Waals surface area (Å²) < 4.78 is 20.2. The summed E-state index contributed by atoms with van der Waals surface area (Å²) in [7, 11) is 0. The number of fused-ring (bicyclic) bond motifs is 4. The van der Waals surface area contributed by atoms with E-state index in [4.69, 9.17) is 14.7 Å². The topological polar surface area (TPSA) is 65.0 Å². The van der Waals surface area contributed by atoms with Crippen LogP contribution in [-0.4, -0.2) is 82.6 Å². The summed E-state index contributed by atoms with van der Waals surface area (Å²) >= 11 is 0. The highest BCUT2D eigenvalue weighted by atomic mass is 19.1. The number of likely N-dealkylation sites (tertiary alicyclic amines) is 1. The number of amides is 1. The minimum atomic E-state index is -0.875. The van der Waals surface area contributed by atoms with Crippen molar-refractivity contribution in [3.05, 3.63) is 53.0 Å². The molecule has 4 fully saturated rings. The zero-order chi connectivity index (χ0) is 28.4. The quantitative estimate of drug-likeness (QED) is 0.481. The van der Waals surface area contributed by atoms with Crippen molar-refractivity contribution in [1.29, 1.82) is 0 Å². The Kier molecular flexibility index (Phi) is 6.43. The van der Waals surface area contributed by atoms with Crippen LogP contribution >= 0.6 is 0 Å². The van der Waals surface area contributed by atoms with Crippen LogP contribution in [0.3, 0.4) is 0 Å². The first kappa shape index (κ1) is 26.4. The van der Waals surface area contributed by atoms with Crippen LogP contribution in [0.1, 0.15) is 67.3 Å². The van der Waals surface area contributed by atoms with Crippen LogP contribution in [0, 0.1) is 0 Å². The van der Waals surface area contributed by atoms with Crippen LogP contribution < -0.4 is 14.5 Å².